The molecule has 0 unspecified atom stereocenters. The maximum Gasteiger partial charge on any atom is 0.229 e. The van der Waals surface area contributed by atoms with Crippen LogP contribution in [0.4, 0.5) is 5.13 Å². The van der Waals surface area contributed by atoms with Crippen LogP contribution in [0.15, 0.2) is 29.6 Å². The van der Waals surface area contributed by atoms with Crippen molar-refractivity contribution in [1.82, 2.24) is 4.98 Å². The summed E-state index contributed by atoms with van der Waals surface area (Å²) < 4.78 is 0. The smallest absolute Gasteiger partial charge is 0.229 e. The normalized spacial score (nSPS) is 21.2. The lowest BCUT2D eigenvalue weighted by Crippen LogP contribution is -2.14. The fraction of sp³-hybridized carbons (Fsp3) is 0.333. The molecule has 1 aliphatic rings. The van der Waals surface area contributed by atoms with Gasteiger partial charge in [0.1, 0.15) is 0 Å². The number of benzene rings is 1. The minimum absolute atomic E-state index is 0.109. The molecule has 98 valence electrons. The van der Waals surface area contributed by atoms with E-state index in [1.54, 1.807) is 0 Å². The summed E-state index contributed by atoms with van der Waals surface area (Å²) in [5.41, 5.74) is 3.24. The third-order valence-electron chi connectivity index (χ3n) is 3.53. The molecule has 1 aromatic heterocycles. The largest absolute Gasteiger partial charge is 0.302 e. The Hall–Kier alpha value is -1.68. The van der Waals surface area contributed by atoms with Gasteiger partial charge in [-0.15, -0.1) is 11.3 Å². The van der Waals surface area contributed by atoms with Crippen LogP contribution in [0.3, 0.4) is 0 Å². The molecule has 1 saturated carbocycles. The lowest BCUT2D eigenvalue weighted by atomic mass is 10.1. The molecule has 2 aromatic rings. The van der Waals surface area contributed by atoms with Crippen molar-refractivity contribution in [3.8, 4) is 11.3 Å². The van der Waals surface area contributed by atoms with E-state index >= 15 is 0 Å². The summed E-state index contributed by atoms with van der Waals surface area (Å²) in [6.45, 7) is 4.16. The lowest BCUT2D eigenvalue weighted by molar-refractivity contribution is -0.117. The zero-order valence-corrected chi connectivity index (χ0v) is 11.8. The molecule has 3 nitrogen and oxygen atoms in total. The minimum Gasteiger partial charge on any atom is -0.302 e. The molecular formula is C15H16N2OS. The Morgan fingerprint density at radius 1 is 1.37 bits per heavy atom. The van der Waals surface area contributed by atoms with E-state index in [9.17, 15) is 4.79 Å². The Morgan fingerprint density at radius 3 is 2.68 bits per heavy atom. The number of nitrogens with zero attached hydrogens (tertiary/aromatic N) is 1. The lowest BCUT2D eigenvalue weighted by Gasteiger charge is -1.99. The molecule has 1 amide bonds. The first kappa shape index (κ1) is 12.4. The van der Waals surface area contributed by atoms with E-state index in [1.165, 1.54) is 16.9 Å². The van der Waals surface area contributed by atoms with Crippen LogP contribution in [0.25, 0.3) is 11.3 Å². The van der Waals surface area contributed by atoms with Gasteiger partial charge in [0.2, 0.25) is 5.91 Å². The third kappa shape index (κ3) is 2.68. The van der Waals surface area contributed by atoms with Gasteiger partial charge >= 0.3 is 0 Å². The Kier molecular flexibility index (Phi) is 3.11. The van der Waals surface area contributed by atoms with Gasteiger partial charge in [0.05, 0.1) is 5.69 Å². The molecule has 1 N–H and O–H groups in total. The molecular weight excluding hydrogens is 256 g/mol. The van der Waals surface area contributed by atoms with Gasteiger partial charge in [0.15, 0.2) is 5.13 Å². The van der Waals surface area contributed by atoms with Crippen molar-refractivity contribution in [2.75, 3.05) is 5.32 Å². The molecule has 2 atom stereocenters. The SMILES string of the molecule is Cc1ccc(-c2csc(NC(=O)[C@H]3C[C@H]3C)n2)cc1. The van der Waals surface area contributed by atoms with Crippen LogP contribution in [0, 0.1) is 18.8 Å². The number of hydrogen-bond acceptors (Lipinski definition) is 3. The zero-order valence-electron chi connectivity index (χ0n) is 11.0. The van der Waals surface area contributed by atoms with Crippen LogP contribution in [-0.2, 0) is 4.79 Å². The predicted molar refractivity (Wildman–Crippen MR) is 78.2 cm³/mol. The van der Waals surface area contributed by atoms with Crippen molar-refractivity contribution in [3.63, 3.8) is 0 Å². The Morgan fingerprint density at radius 2 is 2.05 bits per heavy atom. The van der Waals surface area contributed by atoms with E-state index < -0.39 is 0 Å². The van der Waals surface area contributed by atoms with Crippen molar-refractivity contribution in [2.24, 2.45) is 11.8 Å². The number of thiazole rings is 1. The van der Waals surface area contributed by atoms with Crippen LogP contribution < -0.4 is 5.32 Å². The second kappa shape index (κ2) is 4.78. The van der Waals surface area contributed by atoms with E-state index in [2.05, 4.69) is 48.4 Å². The molecule has 0 radical (unpaired) electrons. The van der Waals surface area contributed by atoms with Crippen molar-refractivity contribution in [3.05, 3.63) is 35.2 Å². The molecule has 0 spiro atoms. The topological polar surface area (TPSA) is 42.0 Å². The number of carbonyl (C=O) groups excluding carboxylic acids is 1. The van der Waals surface area contributed by atoms with Crippen molar-refractivity contribution in [2.45, 2.75) is 20.3 Å². The fourth-order valence-electron chi connectivity index (χ4n) is 2.07. The average Bonchev–Trinajstić information content (AvgIpc) is 2.95. The van der Waals surface area contributed by atoms with E-state index in [4.69, 9.17) is 0 Å². The second-order valence-corrected chi connectivity index (χ2v) is 6.07. The summed E-state index contributed by atoms with van der Waals surface area (Å²) in [7, 11) is 0. The summed E-state index contributed by atoms with van der Waals surface area (Å²) >= 11 is 1.48. The van der Waals surface area contributed by atoms with Gasteiger partial charge in [-0.2, -0.15) is 0 Å². The Bertz CT molecular complexity index is 603. The predicted octanol–water partition coefficient (Wildman–Crippen LogP) is 3.71. The van der Waals surface area contributed by atoms with E-state index in [-0.39, 0.29) is 11.8 Å². The maximum atomic E-state index is 11.8. The molecule has 1 fully saturated rings. The summed E-state index contributed by atoms with van der Waals surface area (Å²) in [4.78, 5) is 16.3. The first-order valence-corrected chi connectivity index (χ1v) is 7.35. The third-order valence-corrected chi connectivity index (χ3v) is 4.29. The van der Waals surface area contributed by atoms with Gasteiger partial charge in [-0.1, -0.05) is 36.8 Å². The Labute approximate surface area is 116 Å². The van der Waals surface area contributed by atoms with Crippen LogP contribution in [0.5, 0.6) is 0 Å². The molecule has 4 heteroatoms. The Balaban J connectivity index is 1.72. The molecule has 1 aliphatic carbocycles. The first-order chi connectivity index (χ1) is 9.13. The van der Waals surface area contributed by atoms with E-state index in [0.717, 1.165) is 17.7 Å². The summed E-state index contributed by atoms with van der Waals surface area (Å²) in [6, 6.07) is 8.25. The minimum atomic E-state index is 0.109. The molecule has 1 heterocycles. The highest BCUT2D eigenvalue weighted by Gasteiger charge is 2.39. The molecule has 0 aliphatic heterocycles. The van der Waals surface area contributed by atoms with Crippen LogP contribution >= 0.6 is 11.3 Å². The molecule has 19 heavy (non-hydrogen) atoms. The maximum absolute atomic E-state index is 11.8. The molecule has 1 aromatic carbocycles. The quantitative estimate of drug-likeness (QED) is 0.925. The van der Waals surface area contributed by atoms with Gasteiger partial charge in [-0.3, -0.25) is 4.79 Å². The monoisotopic (exact) mass is 272 g/mol. The van der Waals surface area contributed by atoms with Gasteiger partial charge in [-0.25, -0.2) is 4.98 Å². The van der Waals surface area contributed by atoms with Crippen molar-refractivity contribution < 1.29 is 4.79 Å². The first-order valence-electron chi connectivity index (χ1n) is 6.47. The van der Waals surface area contributed by atoms with Crippen molar-refractivity contribution >= 4 is 22.4 Å². The number of aromatic nitrogens is 1. The van der Waals surface area contributed by atoms with E-state index in [0.29, 0.717) is 11.0 Å². The highest BCUT2D eigenvalue weighted by atomic mass is 32.1. The highest BCUT2D eigenvalue weighted by Crippen LogP contribution is 2.38. The summed E-state index contributed by atoms with van der Waals surface area (Å²) in [6.07, 6.45) is 1.00. The zero-order chi connectivity index (χ0) is 13.4. The second-order valence-electron chi connectivity index (χ2n) is 5.21. The van der Waals surface area contributed by atoms with Crippen LogP contribution in [0.1, 0.15) is 18.9 Å². The average molecular weight is 272 g/mol. The molecule has 0 bridgehead atoms. The number of aryl methyl sites for hydroxylation is 1. The number of carbonyl (C=O) groups is 1. The molecule has 3 rings (SSSR count). The number of rotatable bonds is 3. The van der Waals surface area contributed by atoms with Crippen LogP contribution in [0.2, 0.25) is 0 Å². The van der Waals surface area contributed by atoms with Crippen LogP contribution in [-0.4, -0.2) is 10.9 Å². The molecule has 0 saturated heterocycles. The van der Waals surface area contributed by atoms with E-state index in [1.807, 2.05) is 5.38 Å². The van der Waals surface area contributed by atoms with Gasteiger partial charge in [-0.05, 0) is 19.3 Å². The van der Waals surface area contributed by atoms with Gasteiger partial charge in [0, 0.05) is 16.9 Å². The number of amides is 1. The fourth-order valence-corrected chi connectivity index (χ4v) is 2.80. The summed E-state index contributed by atoms with van der Waals surface area (Å²) in [5.74, 6) is 0.820. The summed E-state index contributed by atoms with van der Waals surface area (Å²) in [5, 5.41) is 5.58. The number of hydrogen-bond donors (Lipinski definition) is 1. The highest BCUT2D eigenvalue weighted by molar-refractivity contribution is 7.14. The van der Waals surface area contributed by atoms with Gasteiger partial charge in [0.25, 0.3) is 0 Å². The number of nitrogens with one attached hydrogen (secondary N) is 1. The standard InChI is InChI=1S/C15H16N2OS/c1-9-3-5-11(6-4-9)13-8-19-15(16-13)17-14(18)12-7-10(12)2/h3-6,8,10,12H,7H2,1-2H3,(H,16,17,18)/t10-,12+/m1/s1. The number of anilines is 1. The van der Waals surface area contributed by atoms with Gasteiger partial charge < -0.3 is 5.32 Å². The van der Waals surface area contributed by atoms with Crippen molar-refractivity contribution in [1.29, 1.82) is 0 Å².